The largest absolute Gasteiger partial charge is 0.495 e. The van der Waals surface area contributed by atoms with Crippen LogP contribution in [0.25, 0.3) is 22.7 Å². The summed E-state index contributed by atoms with van der Waals surface area (Å²) >= 11 is 0. The van der Waals surface area contributed by atoms with Crippen molar-refractivity contribution in [1.29, 1.82) is 0 Å². The van der Waals surface area contributed by atoms with Gasteiger partial charge in [-0.05, 0) is 55.0 Å². The number of aryl methyl sites for hydroxylation is 1. The Kier molecular flexibility index (Phi) is 5.11. The van der Waals surface area contributed by atoms with Crippen LogP contribution in [0, 0.1) is 6.92 Å². The van der Waals surface area contributed by atoms with Gasteiger partial charge in [-0.15, -0.1) is 0 Å². The van der Waals surface area contributed by atoms with Gasteiger partial charge in [0, 0.05) is 11.8 Å². The lowest BCUT2D eigenvalue weighted by atomic mass is 10.2. The molecule has 0 fully saturated rings. The quantitative estimate of drug-likeness (QED) is 0.531. The molecule has 0 unspecified atom stereocenters. The zero-order chi connectivity index (χ0) is 20.2. The Morgan fingerprint density at radius 2 is 2.03 bits per heavy atom. The molecule has 0 spiro atoms. The number of nitrogens with one attached hydrogen (secondary N) is 1. The van der Waals surface area contributed by atoms with Crippen molar-refractivity contribution in [1.82, 2.24) is 9.97 Å². The van der Waals surface area contributed by atoms with Crippen molar-refractivity contribution in [3.8, 4) is 23.0 Å². The van der Waals surface area contributed by atoms with Crippen molar-refractivity contribution in [2.75, 3.05) is 19.0 Å². The van der Waals surface area contributed by atoms with Crippen molar-refractivity contribution >= 4 is 22.8 Å². The number of carbonyl (C=O) groups excluding carboxylic acids is 1. The molecular formula is C22H19N3O4. The van der Waals surface area contributed by atoms with E-state index >= 15 is 0 Å². The van der Waals surface area contributed by atoms with Crippen molar-refractivity contribution in [2.45, 2.75) is 6.92 Å². The lowest BCUT2D eigenvalue weighted by molar-refractivity contribution is -0.118. The molecule has 7 heteroatoms. The van der Waals surface area contributed by atoms with E-state index in [-0.39, 0.29) is 12.5 Å². The Hall–Kier alpha value is -3.87. The fraction of sp³-hybridized carbons (Fsp3) is 0.136. The van der Waals surface area contributed by atoms with Crippen LogP contribution in [0.15, 0.2) is 65.2 Å². The van der Waals surface area contributed by atoms with Crippen LogP contribution in [0.1, 0.15) is 5.56 Å². The highest BCUT2D eigenvalue weighted by atomic mass is 16.5. The molecule has 0 aliphatic heterocycles. The summed E-state index contributed by atoms with van der Waals surface area (Å²) < 4.78 is 16.7. The van der Waals surface area contributed by atoms with E-state index in [4.69, 9.17) is 13.9 Å². The number of hydrogen-bond acceptors (Lipinski definition) is 6. The molecule has 4 rings (SSSR count). The molecule has 0 radical (unpaired) electrons. The second-order valence-electron chi connectivity index (χ2n) is 6.41. The van der Waals surface area contributed by atoms with E-state index in [0.717, 1.165) is 5.56 Å². The lowest BCUT2D eigenvalue weighted by Crippen LogP contribution is -2.20. The molecule has 2 heterocycles. The van der Waals surface area contributed by atoms with E-state index in [9.17, 15) is 4.79 Å². The standard InChI is InChI=1S/C22H19N3O4/c1-14-5-3-6-16(11-14)28-13-20(26)24-17-12-15(8-9-18(17)27-2)22-25-21-19(29-22)7-4-10-23-21/h3-12H,13H2,1-2H3,(H,24,26). The van der Waals surface area contributed by atoms with E-state index in [2.05, 4.69) is 15.3 Å². The second kappa shape index (κ2) is 8.02. The minimum atomic E-state index is -0.304. The number of pyridine rings is 1. The van der Waals surface area contributed by atoms with E-state index in [0.29, 0.717) is 39.9 Å². The molecular weight excluding hydrogens is 370 g/mol. The van der Waals surface area contributed by atoms with Gasteiger partial charge in [-0.2, -0.15) is 4.98 Å². The molecule has 0 saturated heterocycles. The number of anilines is 1. The molecule has 29 heavy (non-hydrogen) atoms. The number of amides is 1. The Bertz CT molecular complexity index is 1140. The van der Waals surface area contributed by atoms with Gasteiger partial charge in [0.05, 0.1) is 12.8 Å². The average Bonchev–Trinajstić information content (AvgIpc) is 3.17. The number of fused-ring (bicyclic) bond motifs is 1. The summed E-state index contributed by atoms with van der Waals surface area (Å²) in [6, 6.07) is 16.4. The van der Waals surface area contributed by atoms with Crippen molar-refractivity contribution in [2.24, 2.45) is 0 Å². The van der Waals surface area contributed by atoms with E-state index in [1.165, 1.54) is 7.11 Å². The molecule has 0 bridgehead atoms. The number of aromatic nitrogens is 2. The van der Waals surface area contributed by atoms with Gasteiger partial charge in [0.15, 0.2) is 17.8 Å². The number of carbonyl (C=O) groups is 1. The number of oxazole rings is 1. The molecule has 0 saturated carbocycles. The normalized spacial score (nSPS) is 10.7. The molecule has 0 aliphatic rings. The summed E-state index contributed by atoms with van der Waals surface area (Å²) in [6.07, 6.45) is 1.66. The summed E-state index contributed by atoms with van der Waals surface area (Å²) in [4.78, 5) is 20.9. The molecule has 1 N–H and O–H groups in total. The zero-order valence-corrected chi connectivity index (χ0v) is 16.0. The van der Waals surface area contributed by atoms with Crippen LogP contribution in [0.2, 0.25) is 0 Å². The Labute approximate surface area is 167 Å². The predicted molar refractivity (Wildman–Crippen MR) is 109 cm³/mol. The van der Waals surface area contributed by atoms with Gasteiger partial charge in [0.2, 0.25) is 5.89 Å². The highest BCUT2D eigenvalue weighted by molar-refractivity contribution is 5.94. The predicted octanol–water partition coefficient (Wildman–Crippen LogP) is 4.22. The molecule has 0 aliphatic carbocycles. The number of rotatable bonds is 6. The van der Waals surface area contributed by atoms with Gasteiger partial charge in [-0.3, -0.25) is 4.79 Å². The number of ether oxygens (including phenoxy) is 2. The van der Waals surface area contributed by atoms with Crippen LogP contribution in [-0.2, 0) is 4.79 Å². The van der Waals surface area contributed by atoms with Gasteiger partial charge in [-0.1, -0.05) is 12.1 Å². The first kappa shape index (κ1) is 18.5. The van der Waals surface area contributed by atoms with E-state index in [1.807, 2.05) is 37.3 Å². The van der Waals surface area contributed by atoms with Gasteiger partial charge < -0.3 is 19.2 Å². The van der Waals surface area contributed by atoms with Crippen LogP contribution in [0.5, 0.6) is 11.5 Å². The highest BCUT2D eigenvalue weighted by Crippen LogP contribution is 2.31. The Morgan fingerprint density at radius 1 is 1.14 bits per heavy atom. The van der Waals surface area contributed by atoms with Crippen molar-refractivity contribution in [3.63, 3.8) is 0 Å². The third kappa shape index (κ3) is 4.19. The molecule has 7 nitrogen and oxygen atoms in total. The topological polar surface area (TPSA) is 86.5 Å². The molecule has 2 aromatic heterocycles. The summed E-state index contributed by atoms with van der Waals surface area (Å²) in [7, 11) is 1.54. The maximum absolute atomic E-state index is 12.4. The average molecular weight is 389 g/mol. The Balaban J connectivity index is 1.52. The Morgan fingerprint density at radius 3 is 2.83 bits per heavy atom. The summed E-state index contributed by atoms with van der Waals surface area (Å²) in [5, 5.41) is 2.82. The first-order valence-corrected chi connectivity index (χ1v) is 9.01. The fourth-order valence-electron chi connectivity index (χ4n) is 2.87. The summed E-state index contributed by atoms with van der Waals surface area (Å²) in [5.74, 6) is 1.26. The monoisotopic (exact) mass is 389 g/mol. The molecule has 2 aromatic carbocycles. The molecule has 4 aromatic rings. The number of nitrogens with zero attached hydrogens (tertiary/aromatic N) is 2. The van der Waals surface area contributed by atoms with Crippen molar-refractivity contribution < 1.29 is 18.7 Å². The SMILES string of the molecule is COc1ccc(-c2nc3ncccc3o2)cc1NC(=O)COc1cccc(C)c1. The lowest BCUT2D eigenvalue weighted by Gasteiger charge is -2.12. The second-order valence-corrected chi connectivity index (χ2v) is 6.41. The third-order valence-corrected chi connectivity index (χ3v) is 4.24. The van der Waals surface area contributed by atoms with E-state index in [1.54, 1.807) is 30.5 Å². The number of hydrogen-bond donors (Lipinski definition) is 1. The minimum Gasteiger partial charge on any atom is -0.495 e. The van der Waals surface area contributed by atoms with Crippen LogP contribution in [-0.4, -0.2) is 29.6 Å². The molecule has 146 valence electrons. The van der Waals surface area contributed by atoms with Gasteiger partial charge in [0.1, 0.15) is 11.5 Å². The first-order valence-electron chi connectivity index (χ1n) is 9.01. The van der Waals surface area contributed by atoms with Gasteiger partial charge in [-0.25, -0.2) is 4.98 Å². The smallest absolute Gasteiger partial charge is 0.262 e. The van der Waals surface area contributed by atoms with Crippen molar-refractivity contribution in [3.05, 3.63) is 66.4 Å². The maximum atomic E-state index is 12.4. The molecule has 0 atom stereocenters. The first-order chi connectivity index (χ1) is 14.1. The van der Waals surface area contributed by atoms with Crippen LogP contribution >= 0.6 is 0 Å². The fourth-order valence-corrected chi connectivity index (χ4v) is 2.87. The van der Waals surface area contributed by atoms with Gasteiger partial charge in [0.25, 0.3) is 5.91 Å². The highest BCUT2D eigenvalue weighted by Gasteiger charge is 2.14. The number of benzene rings is 2. The minimum absolute atomic E-state index is 0.121. The number of methoxy groups -OCH3 is 1. The third-order valence-electron chi connectivity index (χ3n) is 4.24. The van der Waals surface area contributed by atoms with Crippen LogP contribution in [0.4, 0.5) is 5.69 Å². The van der Waals surface area contributed by atoms with Crippen LogP contribution < -0.4 is 14.8 Å². The molecule has 1 amide bonds. The van der Waals surface area contributed by atoms with Gasteiger partial charge >= 0.3 is 0 Å². The summed E-state index contributed by atoms with van der Waals surface area (Å²) in [5.41, 5.74) is 3.37. The van der Waals surface area contributed by atoms with E-state index < -0.39 is 0 Å². The zero-order valence-electron chi connectivity index (χ0n) is 16.0. The van der Waals surface area contributed by atoms with Crippen LogP contribution in [0.3, 0.4) is 0 Å². The summed E-state index contributed by atoms with van der Waals surface area (Å²) in [6.45, 7) is 1.84. The maximum Gasteiger partial charge on any atom is 0.262 e.